The van der Waals surface area contributed by atoms with Crippen LogP contribution in [-0.4, -0.2) is 35.6 Å². The first-order valence-electron chi connectivity index (χ1n) is 17.3. The first kappa shape index (κ1) is 35.0. The topological polar surface area (TPSA) is 49.7 Å². The molecule has 43 heavy (non-hydrogen) atoms. The normalized spacial score (nSPS) is 13.2. The number of hydrogen-bond acceptors (Lipinski definition) is 3. The lowest BCUT2D eigenvalue weighted by Gasteiger charge is -2.42. The lowest BCUT2D eigenvalue weighted by atomic mass is 9.64. The van der Waals surface area contributed by atoms with Crippen LogP contribution in [0.1, 0.15) is 126 Å². The standard InChI is InChI=1S/C40H58O3/c1-2-3-4-5-6-7-8-9-10-11-12-13-14-15-16-26-33-43-34-38(41)39(42)40(35-27-20-17-21-28-35,36-29-22-18-23-30-36)37-31-24-19-25-32-37/h17-25,27-32,38-39,41-42H,2-16,26,33-34H2,1H3. The van der Waals surface area contributed by atoms with Crippen LogP contribution in [0.15, 0.2) is 91.0 Å². The molecule has 3 heteroatoms. The molecule has 236 valence electrons. The van der Waals surface area contributed by atoms with E-state index in [1.807, 2.05) is 91.0 Å². The Morgan fingerprint density at radius 2 is 0.814 bits per heavy atom. The van der Waals surface area contributed by atoms with Gasteiger partial charge in [-0.15, -0.1) is 0 Å². The van der Waals surface area contributed by atoms with Crippen LogP contribution in [0.2, 0.25) is 0 Å². The van der Waals surface area contributed by atoms with E-state index in [9.17, 15) is 10.2 Å². The van der Waals surface area contributed by atoms with Gasteiger partial charge in [0.15, 0.2) is 0 Å². The summed E-state index contributed by atoms with van der Waals surface area (Å²) < 4.78 is 5.93. The second kappa shape index (κ2) is 21.3. The van der Waals surface area contributed by atoms with E-state index in [-0.39, 0.29) is 6.61 Å². The first-order valence-corrected chi connectivity index (χ1v) is 17.3. The molecule has 0 aromatic heterocycles. The molecule has 0 aliphatic carbocycles. The van der Waals surface area contributed by atoms with Gasteiger partial charge in [-0.3, -0.25) is 0 Å². The lowest BCUT2D eigenvalue weighted by molar-refractivity contribution is -0.0568. The number of aliphatic hydroxyl groups is 2. The molecule has 0 amide bonds. The molecule has 0 aliphatic heterocycles. The van der Waals surface area contributed by atoms with Crippen molar-refractivity contribution in [2.45, 2.75) is 127 Å². The van der Waals surface area contributed by atoms with E-state index in [0.29, 0.717) is 6.61 Å². The quantitative estimate of drug-likeness (QED) is 0.0811. The molecule has 2 atom stereocenters. The Morgan fingerprint density at radius 3 is 1.16 bits per heavy atom. The van der Waals surface area contributed by atoms with E-state index in [1.165, 1.54) is 89.9 Å². The van der Waals surface area contributed by atoms with Gasteiger partial charge in [-0.25, -0.2) is 0 Å². The lowest BCUT2D eigenvalue weighted by Crippen LogP contribution is -2.50. The maximum atomic E-state index is 11.9. The highest BCUT2D eigenvalue weighted by atomic mass is 16.5. The summed E-state index contributed by atoms with van der Waals surface area (Å²) in [6, 6.07) is 30.1. The average Bonchev–Trinajstić information content (AvgIpc) is 3.06. The van der Waals surface area contributed by atoms with Crippen LogP contribution in [0.3, 0.4) is 0 Å². The number of benzene rings is 3. The van der Waals surface area contributed by atoms with E-state index in [4.69, 9.17) is 4.74 Å². The Morgan fingerprint density at radius 1 is 0.488 bits per heavy atom. The highest BCUT2D eigenvalue weighted by Crippen LogP contribution is 2.43. The van der Waals surface area contributed by atoms with Crippen molar-refractivity contribution in [1.29, 1.82) is 0 Å². The van der Waals surface area contributed by atoms with Gasteiger partial charge >= 0.3 is 0 Å². The third-order valence-corrected chi connectivity index (χ3v) is 8.93. The molecular formula is C40H58O3. The van der Waals surface area contributed by atoms with Gasteiger partial charge in [0.2, 0.25) is 0 Å². The number of hydrogen-bond donors (Lipinski definition) is 2. The molecule has 3 rings (SSSR count). The summed E-state index contributed by atoms with van der Waals surface area (Å²) in [6.45, 7) is 3.00. The second-order valence-electron chi connectivity index (χ2n) is 12.3. The zero-order chi connectivity index (χ0) is 30.4. The largest absolute Gasteiger partial charge is 0.389 e. The summed E-state index contributed by atoms with van der Waals surface area (Å²) >= 11 is 0. The Hall–Kier alpha value is -2.46. The molecule has 0 heterocycles. The van der Waals surface area contributed by atoms with Gasteiger partial charge in [-0.05, 0) is 23.1 Å². The zero-order valence-electron chi connectivity index (χ0n) is 26.8. The highest BCUT2D eigenvalue weighted by Gasteiger charge is 2.46. The first-order chi connectivity index (χ1) is 21.2. The minimum absolute atomic E-state index is 0.105. The van der Waals surface area contributed by atoms with E-state index in [0.717, 1.165) is 29.5 Å². The second-order valence-corrected chi connectivity index (χ2v) is 12.3. The van der Waals surface area contributed by atoms with E-state index in [2.05, 4.69) is 6.92 Å². The van der Waals surface area contributed by atoms with Gasteiger partial charge in [-0.1, -0.05) is 194 Å². The molecule has 0 bridgehead atoms. The summed E-state index contributed by atoms with van der Waals surface area (Å²) in [5.41, 5.74) is 1.89. The van der Waals surface area contributed by atoms with Gasteiger partial charge in [0.25, 0.3) is 0 Å². The van der Waals surface area contributed by atoms with Crippen molar-refractivity contribution in [1.82, 2.24) is 0 Å². The molecule has 0 saturated carbocycles. The fraction of sp³-hybridized carbons (Fsp3) is 0.550. The number of aliphatic hydroxyl groups excluding tert-OH is 2. The molecule has 3 nitrogen and oxygen atoms in total. The van der Waals surface area contributed by atoms with E-state index >= 15 is 0 Å². The molecule has 0 saturated heterocycles. The monoisotopic (exact) mass is 586 g/mol. The summed E-state index contributed by atoms with van der Waals surface area (Å²) in [7, 11) is 0. The van der Waals surface area contributed by atoms with Crippen molar-refractivity contribution < 1.29 is 14.9 Å². The molecule has 3 aromatic carbocycles. The summed E-state index contributed by atoms with van der Waals surface area (Å²) in [5.74, 6) is 0. The summed E-state index contributed by atoms with van der Waals surface area (Å²) in [4.78, 5) is 0. The molecule has 0 fully saturated rings. The molecular weight excluding hydrogens is 528 g/mol. The van der Waals surface area contributed by atoms with Crippen molar-refractivity contribution in [3.8, 4) is 0 Å². The SMILES string of the molecule is CCCCCCCCCCCCCCCCCCOCC(O)C(O)C(c1ccccc1)(c1ccccc1)c1ccccc1. The maximum Gasteiger partial charge on any atom is 0.105 e. The van der Waals surface area contributed by atoms with Gasteiger partial charge < -0.3 is 14.9 Å². The van der Waals surface area contributed by atoms with Crippen LogP contribution in [-0.2, 0) is 10.2 Å². The van der Waals surface area contributed by atoms with E-state index < -0.39 is 17.6 Å². The van der Waals surface area contributed by atoms with Crippen molar-refractivity contribution >= 4 is 0 Å². The Balaban J connectivity index is 1.37. The molecule has 0 radical (unpaired) electrons. The molecule has 0 spiro atoms. The summed E-state index contributed by atoms with van der Waals surface area (Å²) in [6.07, 6.45) is 19.3. The molecule has 2 N–H and O–H groups in total. The summed E-state index contributed by atoms with van der Waals surface area (Å²) in [5, 5.41) is 23.2. The Bertz CT molecular complexity index is 956. The smallest absolute Gasteiger partial charge is 0.105 e. The fourth-order valence-electron chi connectivity index (χ4n) is 6.45. The van der Waals surface area contributed by atoms with Crippen LogP contribution in [0.25, 0.3) is 0 Å². The zero-order valence-corrected chi connectivity index (χ0v) is 26.8. The van der Waals surface area contributed by atoms with Crippen molar-refractivity contribution in [2.75, 3.05) is 13.2 Å². The highest BCUT2D eigenvalue weighted by molar-refractivity contribution is 5.52. The Kier molecular flexibility index (Phi) is 17.3. The molecule has 0 aliphatic rings. The van der Waals surface area contributed by atoms with Crippen molar-refractivity contribution in [3.05, 3.63) is 108 Å². The Labute approximate surface area is 262 Å². The van der Waals surface area contributed by atoms with Gasteiger partial charge in [0.1, 0.15) is 6.10 Å². The minimum Gasteiger partial charge on any atom is -0.389 e. The van der Waals surface area contributed by atoms with Gasteiger partial charge in [-0.2, -0.15) is 0 Å². The van der Waals surface area contributed by atoms with Crippen LogP contribution in [0, 0.1) is 0 Å². The molecule has 2 unspecified atom stereocenters. The van der Waals surface area contributed by atoms with E-state index in [1.54, 1.807) is 0 Å². The van der Waals surface area contributed by atoms with Crippen LogP contribution >= 0.6 is 0 Å². The number of rotatable bonds is 24. The minimum atomic E-state index is -1.09. The molecule has 3 aromatic rings. The average molecular weight is 587 g/mol. The third kappa shape index (κ3) is 11.5. The number of ether oxygens (including phenoxy) is 1. The van der Waals surface area contributed by atoms with Crippen molar-refractivity contribution in [2.24, 2.45) is 0 Å². The fourth-order valence-corrected chi connectivity index (χ4v) is 6.45. The maximum absolute atomic E-state index is 11.9. The van der Waals surface area contributed by atoms with Gasteiger partial charge in [0.05, 0.1) is 18.1 Å². The van der Waals surface area contributed by atoms with Crippen LogP contribution in [0.4, 0.5) is 0 Å². The predicted molar refractivity (Wildman–Crippen MR) is 182 cm³/mol. The van der Waals surface area contributed by atoms with Crippen LogP contribution in [0.5, 0.6) is 0 Å². The third-order valence-electron chi connectivity index (χ3n) is 8.93. The van der Waals surface area contributed by atoms with Crippen LogP contribution < -0.4 is 0 Å². The number of unbranched alkanes of at least 4 members (excludes halogenated alkanes) is 15. The van der Waals surface area contributed by atoms with Crippen molar-refractivity contribution in [3.63, 3.8) is 0 Å². The predicted octanol–water partition coefficient (Wildman–Crippen LogP) is 10.0. The van der Waals surface area contributed by atoms with Gasteiger partial charge in [0, 0.05) is 6.61 Å².